The van der Waals surface area contributed by atoms with Crippen molar-refractivity contribution < 1.29 is 9.53 Å². The Hall–Kier alpha value is -3.17. The van der Waals surface area contributed by atoms with E-state index in [0.29, 0.717) is 16.3 Å². The zero-order valence-corrected chi connectivity index (χ0v) is 20.5. The Morgan fingerprint density at radius 1 is 0.939 bits per heavy atom. The standard InChI is InChI=1S/C29H28ClNO2/c1-18-14-20(29(3,4)5)15-19(2)24(18)17-33-28(32)23-16-27(22-11-6-8-12-25(22)30)31-26-13-9-7-10-21(23)26/h6-16H,17H2,1-5H3. The number of esters is 1. The van der Waals surface area contributed by atoms with Crippen molar-refractivity contribution in [3.8, 4) is 11.3 Å². The highest BCUT2D eigenvalue weighted by Gasteiger charge is 2.19. The molecule has 3 nitrogen and oxygen atoms in total. The normalized spacial score (nSPS) is 11.6. The lowest BCUT2D eigenvalue weighted by Gasteiger charge is -2.22. The number of nitrogens with zero attached hydrogens (tertiary/aromatic N) is 1. The minimum Gasteiger partial charge on any atom is -0.457 e. The number of ether oxygens (including phenoxy) is 1. The van der Waals surface area contributed by atoms with Gasteiger partial charge in [-0.25, -0.2) is 9.78 Å². The van der Waals surface area contributed by atoms with Crippen LogP contribution >= 0.6 is 11.6 Å². The van der Waals surface area contributed by atoms with Crippen LogP contribution in [0.3, 0.4) is 0 Å². The first-order chi connectivity index (χ1) is 15.6. The molecule has 0 N–H and O–H groups in total. The number of fused-ring (bicyclic) bond motifs is 1. The van der Waals surface area contributed by atoms with Gasteiger partial charge in [-0.05, 0) is 59.7 Å². The molecule has 1 heterocycles. The van der Waals surface area contributed by atoms with Crippen LogP contribution in [0.2, 0.25) is 5.02 Å². The molecule has 3 aromatic carbocycles. The maximum absolute atomic E-state index is 13.3. The van der Waals surface area contributed by atoms with Crippen LogP contribution in [0.4, 0.5) is 0 Å². The highest BCUT2D eigenvalue weighted by molar-refractivity contribution is 6.33. The Kier molecular flexibility index (Phi) is 6.27. The van der Waals surface area contributed by atoms with Gasteiger partial charge in [0.1, 0.15) is 6.61 Å². The lowest BCUT2D eigenvalue weighted by atomic mass is 9.84. The largest absolute Gasteiger partial charge is 0.457 e. The maximum Gasteiger partial charge on any atom is 0.339 e. The second-order valence-electron chi connectivity index (χ2n) is 9.47. The first-order valence-corrected chi connectivity index (χ1v) is 11.5. The minimum atomic E-state index is -0.374. The van der Waals surface area contributed by atoms with E-state index in [-0.39, 0.29) is 18.0 Å². The fourth-order valence-corrected chi connectivity index (χ4v) is 4.25. The van der Waals surface area contributed by atoms with Crippen molar-refractivity contribution in [1.82, 2.24) is 4.98 Å². The van der Waals surface area contributed by atoms with Crippen LogP contribution in [0.15, 0.2) is 66.7 Å². The van der Waals surface area contributed by atoms with Crippen LogP contribution in [-0.4, -0.2) is 11.0 Å². The number of rotatable bonds is 4. The van der Waals surface area contributed by atoms with Gasteiger partial charge < -0.3 is 4.74 Å². The van der Waals surface area contributed by atoms with Gasteiger partial charge in [0.15, 0.2) is 0 Å². The molecule has 0 saturated heterocycles. The highest BCUT2D eigenvalue weighted by atomic mass is 35.5. The third-order valence-electron chi connectivity index (χ3n) is 6.00. The molecule has 0 fully saturated rings. The van der Waals surface area contributed by atoms with E-state index in [2.05, 4.69) is 46.8 Å². The van der Waals surface area contributed by atoms with E-state index >= 15 is 0 Å². The van der Waals surface area contributed by atoms with Crippen molar-refractivity contribution >= 4 is 28.5 Å². The Morgan fingerprint density at radius 2 is 1.58 bits per heavy atom. The molecule has 4 aromatic rings. The van der Waals surface area contributed by atoms with Crippen molar-refractivity contribution in [2.75, 3.05) is 0 Å². The average Bonchev–Trinajstić information content (AvgIpc) is 2.77. The van der Waals surface area contributed by atoms with E-state index in [4.69, 9.17) is 21.3 Å². The van der Waals surface area contributed by atoms with Gasteiger partial charge in [0, 0.05) is 16.0 Å². The maximum atomic E-state index is 13.3. The van der Waals surface area contributed by atoms with Crippen LogP contribution in [0, 0.1) is 13.8 Å². The molecule has 168 valence electrons. The molecular weight excluding hydrogens is 430 g/mol. The molecule has 4 rings (SSSR count). The van der Waals surface area contributed by atoms with Gasteiger partial charge in [-0.1, -0.05) is 80.9 Å². The summed E-state index contributed by atoms with van der Waals surface area (Å²) in [7, 11) is 0. The first-order valence-electron chi connectivity index (χ1n) is 11.1. The summed E-state index contributed by atoms with van der Waals surface area (Å²) in [6.07, 6.45) is 0. The van der Waals surface area contributed by atoms with Crippen molar-refractivity contribution in [1.29, 1.82) is 0 Å². The van der Waals surface area contributed by atoms with Gasteiger partial charge >= 0.3 is 5.97 Å². The minimum absolute atomic E-state index is 0.0653. The molecule has 0 unspecified atom stereocenters. The lowest BCUT2D eigenvalue weighted by Crippen LogP contribution is -2.13. The number of hydrogen-bond donors (Lipinski definition) is 0. The van der Waals surface area contributed by atoms with Crippen molar-refractivity contribution in [3.05, 3.63) is 99.6 Å². The summed E-state index contributed by atoms with van der Waals surface area (Å²) in [5.41, 5.74) is 7.28. The van der Waals surface area contributed by atoms with Crippen LogP contribution < -0.4 is 0 Å². The number of hydrogen-bond acceptors (Lipinski definition) is 3. The second-order valence-corrected chi connectivity index (χ2v) is 9.87. The molecule has 33 heavy (non-hydrogen) atoms. The summed E-state index contributed by atoms with van der Waals surface area (Å²) < 4.78 is 5.83. The smallest absolute Gasteiger partial charge is 0.339 e. The third-order valence-corrected chi connectivity index (χ3v) is 6.33. The Bertz CT molecular complexity index is 1330. The summed E-state index contributed by atoms with van der Waals surface area (Å²) in [5.74, 6) is -0.374. The predicted molar refractivity (Wildman–Crippen MR) is 136 cm³/mol. The summed E-state index contributed by atoms with van der Waals surface area (Å²) >= 11 is 6.41. The highest BCUT2D eigenvalue weighted by Crippen LogP contribution is 2.31. The summed E-state index contributed by atoms with van der Waals surface area (Å²) in [4.78, 5) is 18.0. The van der Waals surface area contributed by atoms with Crippen molar-refractivity contribution in [2.45, 2.75) is 46.6 Å². The van der Waals surface area contributed by atoms with Crippen molar-refractivity contribution in [2.24, 2.45) is 0 Å². The zero-order valence-electron chi connectivity index (χ0n) is 19.7. The van der Waals surface area contributed by atoms with Gasteiger partial charge in [-0.2, -0.15) is 0 Å². The zero-order chi connectivity index (χ0) is 23.8. The number of carbonyl (C=O) groups excluding carboxylic acids is 1. The molecule has 0 saturated carbocycles. The molecule has 1 aromatic heterocycles. The fraction of sp³-hybridized carbons (Fsp3) is 0.241. The Labute approximate surface area is 200 Å². The van der Waals surface area contributed by atoms with E-state index in [9.17, 15) is 4.79 Å². The second kappa shape index (κ2) is 8.99. The van der Waals surface area contributed by atoms with E-state index in [1.807, 2.05) is 48.5 Å². The third kappa shape index (κ3) is 4.79. The van der Waals surface area contributed by atoms with Gasteiger partial charge in [0.2, 0.25) is 0 Å². The number of para-hydroxylation sites is 1. The molecule has 0 aliphatic rings. The monoisotopic (exact) mass is 457 g/mol. The van der Waals surface area contributed by atoms with Crippen LogP contribution in [0.25, 0.3) is 22.2 Å². The van der Waals surface area contributed by atoms with E-state index < -0.39 is 0 Å². The van der Waals surface area contributed by atoms with Crippen LogP contribution in [0.5, 0.6) is 0 Å². The molecule has 0 aliphatic heterocycles. The molecule has 0 spiro atoms. The number of carbonyl (C=O) groups is 1. The lowest BCUT2D eigenvalue weighted by molar-refractivity contribution is 0.0474. The van der Waals surface area contributed by atoms with Gasteiger partial charge in [-0.3, -0.25) is 0 Å². The molecular formula is C29H28ClNO2. The SMILES string of the molecule is Cc1cc(C(C)(C)C)cc(C)c1COC(=O)c1cc(-c2ccccc2Cl)nc2ccccc12. The van der Waals surface area contributed by atoms with E-state index in [1.165, 1.54) is 5.56 Å². The fourth-order valence-electron chi connectivity index (χ4n) is 4.02. The quantitative estimate of drug-likeness (QED) is 0.293. The van der Waals surface area contributed by atoms with Crippen LogP contribution in [-0.2, 0) is 16.8 Å². The first kappa shape index (κ1) is 23.0. The van der Waals surface area contributed by atoms with Crippen molar-refractivity contribution in [3.63, 3.8) is 0 Å². The summed E-state index contributed by atoms with van der Waals surface area (Å²) in [6, 6.07) is 21.2. The molecule has 4 heteroatoms. The number of aromatic nitrogens is 1. The van der Waals surface area contributed by atoms with E-state index in [1.54, 1.807) is 6.07 Å². The molecule has 0 radical (unpaired) electrons. The number of pyridine rings is 1. The number of halogens is 1. The summed E-state index contributed by atoms with van der Waals surface area (Å²) in [5, 5.41) is 1.35. The van der Waals surface area contributed by atoms with Gasteiger partial charge in [0.25, 0.3) is 0 Å². The molecule has 0 aliphatic carbocycles. The number of benzene rings is 3. The summed E-state index contributed by atoms with van der Waals surface area (Å²) in [6.45, 7) is 11.0. The molecule has 0 amide bonds. The predicted octanol–water partition coefficient (Wildman–Crippen LogP) is 7.83. The average molecular weight is 458 g/mol. The van der Waals surface area contributed by atoms with Gasteiger partial charge in [0.05, 0.1) is 16.8 Å². The Morgan fingerprint density at radius 3 is 2.24 bits per heavy atom. The van der Waals surface area contributed by atoms with E-state index in [0.717, 1.165) is 33.2 Å². The Balaban J connectivity index is 1.69. The number of aryl methyl sites for hydroxylation is 2. The topological polar surface area (TPSA) is 39.2 Å². The van der Waals surface area contributed by atoms with Gasteiger partial charge in [-0.15, -0.1) is 0 Å². The molecule has 0 bridgehead atoms. The molecule has 0 atom stereocenters. The van der Waals surface area contributed by atoms with Crippen LogP contribution in [0.1, 0.15) is 53.4 Å².